The van der Waals surface area contributed by atoms with E-state index in [0.29, 0.717) is 30.2 Å². The summed E-state index contributed by atoms with van der Waals surface area (Å²) < 4.78 is 12.7. The van der Waals surface area contributed by atoms with E-state index in [1.807, 2.05) is 48.7 Å². The van der Waals surface area contributed by atoms with Crippen molar-refractivity contribution < 1.29 is 19.1 Å². The minimum absolute atomic E-state index is 0.0793. The third-order valence-electron chi connectivity index (χ3n) is 4.67. The molecule has 0 radical (unpaired) electrons. The van der Waals surface area contributed by atoms with Gasteiger partial charge >= 0.3 is 5.97 Å². The van der Waals surface area contributed by atoms with E-state index in [1.54, 1.807) is 12.1 Å². The van der Waals surface area contributed by atoms with E-state index < -0.39 is 5.97 Å². The maximum Gasteiger partial charge on any atom is 0.335 e. The third kappa shape index (κ3) is 3.79. The van der Waals surface area contributed by atoms with Crippen molar-refractivity contribution in [3.05, 3.63) is 77.5 Å². The highest BCUT2D eigenvalue weighted by molar-refractivity contribution is 7.17. The first-order valence-electron chi connectivity index (χ1n) is 9.12. The number of carbonyl (C=O) groups is 1. The summed E-state index contributed by atoms with van der Waals surface area (Å²) in [6.45, 7) is 6.01. The highest BCUT2D eigenvalue weighted by atomic mass is 32.1. The number of aliphatic carboxylic acids is 1. The van der Waals surface area contributed by atoms with Gasteiger partial charge in [0.25, 0.3) is 0 Å². The Hall–Kier alpha value is -3.38. The zero-order valence-corrected chi connectivity index (χ0v) is 16.7. The number of hydrogen-bond acceptors (Lipinski definition) is 5. The first kappa shape index (κ1) is 19.0. The van der Waals surface area contributed by atoms with Crippen LogP contribution < -0.4 is 4.74 Å². The minimum Gasteiger partial charge on any atom is -0.493 e. The molecule has 0 aliphatic rings. The Kier molecular flexibility index (Phi) is 5.18. The fourth-order valence-electron chi connectivity index (χ4n) is 3.14. The predicted molar refractivity (Wildman–Crippen MR) is 114 cm³/mol. The summed E-state index contributed by atoms with van der Waals surface area (Å²) in [6.07, 6.45) is 0.609. The van der Waals surface area contributed by atoms with Crippen molar-refractivity contribution in [2.45, 2.75) is 13.3 Å². The van der Waals surface area contributed by atoms with Crippen molar-refractivity contribution in [2.75, 3.05) is 6.61 Å². The molecule has 2 aromatic heterocycles. The first-order valence-corrected chi connectivity index (χ1v) is 10.00. The lowest BCUT2D eigenvalue weighted by molar-refractivity contribution is -0.130. The van der Waals surface area contributed by atoms with Crippen molar-refractivity contribution in [2.24, 2.45) is 0 Å². The van der Waals surface area contributed by atoms with Gasteiger partial charge in [-0.15, -0.1) is 11.3 Å². The minimum atomic E-state index is -1.02. The standard InChI is InChI=1S/C23H19NO4S/c1-14(23(25)26)17-8-9-20(18-11-13-29-21(17)18)27-12-10-19-15(2)28-22(24-19)16-6-4-3-5-7-16/h3-9,11,13H,1,10,12H2,2H3,(H,25,26). The van der Waals surface area contributed by atoms with Crippen LogP contribution in [0.3, 0.4) is 0 Å². The summed E-state index contributed by atoms with van der Waals surface area (Å²) in [5, 5.41) is 12.0. The number of nitrogens with zero attached hydrogens (tertiary/aromatic N) is 1. The molecular formula is C23H19NO4S. The molecule has 2 heterocycles. The molecule has 6 heteroatoms. The molecule has 29 heavy (non-hydrogen) atoms. The number of aromatic nitrogens is 1. The van der Waals surface area contributed by atoms with Gasteiger partial charge in [0.2, 0.25) is 5.89 Å². The molecule has 0 amide bonds. The molecule has 4 aromatic rings. The molecule has 5 nitrogen and oxygen atoms in total. The Balaban J connectivity index is 1.49. The summed E-state index contributed by atoms with van der Waals surface area (Å²) in [4.78, 5) is 15.9. The molecular weight excluding hydrogens is 386 g/mol. The molecule has 0 unspecified atom stereocenters. The van der Waals surface area contributed by atoms with Crippen LogP contribution in [0.5, 0.6) is 5.75 Å². The Morgan fingerprint density at radius 1 is 1.21 bits per heavy atom. The first-order chi connectivity index (χ1) is 14.0. The van der Waals surface area contributed by atoms with Gasteiger partial charge in [-0.2, -0.15) is 0 Å². The second kappa shape index (κ2) is 7.93. The lowest BCUT2D eigenvalue weighted by Crippen LogP contribution is -2.04. The zero-order chi connectivity index (χ0) is 20.4. The lowest BCUT2D eigenvalue weighted by Gasteiger charge is -2.09. The number of aryl methyl sites for hydroxylation is 1. The zero-order valence-electron chi connectivity index (χ0n) is 15.8. The van der Waals surface area contributed by atoms with Gasteiger partial charge in [0.1, 0.15) is 11.5 Å². The summed E-state index contributed by atoms with van der Waals surface area (Å²) in [5.41, 5.74) is 2.50. The highest BCUT2D eigenvalue weighted by Crippen LogP contribution is 2.35. The van der Waals surface area contributed by atoms with E-state index in [9.17, 15) is 9.90 Å². The van der Waals surface area contributed by atoms with Gasteiger partial charge < -0.3 is 14.3 Å². The topological polar surface area (TPSA) is 72.6 Å². The van der Waals surface area contributed by atoms with E-state index in [-0.39, 0.29) is 5.57 Å². The van der Waals surface area contributed by atoms with Crippen molar-refractivity contribution in [3.63, 3.8) is 0 Å². The van der Waals surface area contributed by atoms with Crippen molar-refractivity contribution in [1.29, 1.82) is 0 Å². The number of fused-ring (bicyclic) bond motifs is 1. The van der Waals surface area contributed by atoms with Gasteiger partial charge in [-0.05, 0) is 42.6 Å². The Labute approximate surface area is 171 Å². The van der Waals surface area contributed by atoms with Crippen LogP contribution in [0.2, 0.25) is 0 Å². The van der Waals surface area contributed by atoms with Crippen LogP contribution in [0.4, 0.5) is 0 Å². The van der Waals surface area contributed by atoms with Crippen molar-refractivity contribution in [1.82, 2.24) is 4.98 Å². The van der Waals surface area contributed by atoms with Gasteiger partial charge in [-0.25, -0.2) is 9.78 Å². The predicted octanol–water partition coefficient (Wildman–Crippen LogP) is 5.58. The van der Waals surface area contributed by atoms with Crippen LogP contribution in [0, 0.1) is 6.92 Å². The molecule has 0 atom stereocenters. The monoisotopic (exact) mass is 405 g/mol. The lowest BCUT2D eigenvalue weighted by atomic mass is 10.1. The van der Waals surface area contributed by atoms with Crippen LogP contribution in [-0.2, 0) is 11.2 Å². The number of benzene rings is 2. The Morgan fingerprint density at radius 2 is 2.00 bits per heavy atom. The van der Waals surface area contributed by atoms with Gasteiger partial charge in [-0.3, -0.25) is 0 Å². The molecule has 4 rings (SSSR count). The molecule has 2 aromatic carbocycles. The van der Waals surface area contributed by atoms with Crippen LogP contribution in [-0.4, -0.2) is 22.7 Å². The average molecular weight is 405 g/mol. The second-order valence-electron chi connectivity index (χ2n) is 6.54. The van der Waals surface area contributed by atoms with Crippen molar-refractivity contribution in [3.8, 4) is 17.2 Å². The number of carboxylic acids is 1. The van der Waals surface area contributed by atoms with E-state index in [4.69, 9.17) is 9.15 Å². The van der Waals surface area contributed by atoms with Gasteiger partial charge in [0.05, 0.1) is 17.9 Å². The Bertz CT molecular complexity index is 1190. The largest absolute Gasteiger partial charge is 0.493 e. The van der Waals surface area contributed by atoms with Crippen LogP contribution in [0.25, 0.3) is 27.1 Å². The van der Waals surface area contributed by atoms with Crippen LogP contribution in [0.15, 0.2) is 64.9 Å². The van der Waals surface area contributed by atoms with E-state index in [0.717, 1.165) is 27.1 Å². The summed E-state index contributed by atoms with van der Waals surface area (Å²) in [6, 6.07) is 15.3. The molecule has 0 fully saturated rings. The molecule has 0 spiro atoms. The van der Waals surface area contributed by atoms with Crippen LogP contribution >= 0.6 is 11.3 Å². The van der Waals surface area contributed by atoms with E-state index >= 15 is 0 Å². The van der Waals surface area contributed by atoms with Gasteiger partial charge in [0, 0.05) is 27.6 Å². The normalized spacial score (nSPS) is 10.9. The molecule has 0 saturated heterocycles. The maximum absolute atomic E-state index is 11.3. The second-order valence-corrected chi connectivity index (χ2v) is 7.46. The molecule has 0 aliphatic carbocycles. The number of thiophene rings is 1. The molecule has 0 aliphatic heterocycles. The maximum atomic E-state index is 11.3. The fourth-order valence-corrected chi connectivity index (χ4v) is 4.09. The number of oxazole rings is 1. The molecule has 146 valence electrons. The van der Waals surface area contributed by atoms with Crippen LogP contribution in [0.1, 0.15) is 17.0 Å². The highest BCUT2D eigenvalue weighted by Gasteiger charge is 2.16. The Morgan fingerprint density at radius 3 is 2.76 bits per heavy atom. The smallest absolute Gasteiger partial charge is 0.335 e. The SMILES string of the molecule is C=C(C(=O)O)c1ccc(OCCc2nc(-c3ccccc3)oc2C)c2ccsc12. The van der Waals surface area contributed by atoms with Gasteiger partial charge in [-0.1, -0.05) is 24.8 Å². The number of hydrogen-bond donors (Lipinski definition) is 1. The quantitative estimate of drug-likeness (QED) is 0.406. The number of ether oxygens (including phenoxy) is 1. The molecule has 1 N–H and O–H groups in total. The number of carboxylic acid groups (broad SMARTS) is 1. The van der Waals surface area contributed by atoms with E-state index in [2.05, 4.69) is 11.6 Å². The third-order valence-corrected chi connectivity index (χ3v) is 5.62. The fraction of sp³-hybridized carbons (Fsp3) is 0.130. The molecule has 0 bridgehead atoms. The molecule has 0 saturated carbocycles. The van der Waals surface area contributed by atoms with Crippen molar-refractivity contribution >= 4 is 33.0 Å². The van der Waals surface area contributed by atoms with Gasteiger partial charge in [0.15, 0.2) is 0 Å². The summed E-state index contributed by atoms with van der Waals surface area (Å²) in [5.74, 6) is 1.08. The van der Waals surface area contributed by atoms with E-state index in [1.165, 1.54) is 11.3 Å². The summed E-state index contributed by atoms with van der Waals surface area (Å²) in [7, 11) is 0. The summed E-state index contributed by atoms with van der Waals surface area (Å²) >= 11 is 1.48. The number of rotatable bonds is 7. The average Bonchev–Trinajstić information content (AvgIpc) is 3.36.